The predicted molar refractivity (Wildman–Crippen MR) is 152 cm³/mol. The third-order valence-electron chi connectivity index (χ3n) is 10.3. The summed E-state index contributed by atoms with van der Waals surface area (Å²) >= 11 is 0. The average molecular weight is 571 g/mol. The standard InChI is InChI=1S/C30H43FN6O4/c1-19(22-13-20(31)15-35(22)2)41-25-14-24(37-12-11-36(3)29(16-37)17-40-18-29)33-28(34-25)26(39)21-7-6-10-30(27(21)32)9-5-4-8-23(30)38/h14,19-20,22H,4-13,15-18,32H2,1-3H3/t19-,20+,22-,30+/m0/s1. The molecule has 4 atom stereocenters. The number of carbonyl (C=O) groups is 2. The normalized spacial score (nSPS) is 31.5. The molecule has 10 nitrogen and oxygen atoms in total. The zero-order valence-corrected chi connectivity index (χ0v) is 24.5. The molecule has 1 aromatic rings. The van der Waals surface area contributed by atoms with Crippen LogP contribution in [-0.2, 0) is 9.53 Å². The number of halogens is 1. The summed E-state index contributed by atoms with van der Waals surface area (Å²) < 4.78 is 26.0. The van der Waals surface area contributed by atoms with Gasteiger partial charge in [-0.05, 0) is 59.5 Å². The van der Waals surface area contributed by atoms with Gasteiger partial charge in [0.2, 0.25) is 17.5 Å². The maximum atomic E-state index is 14.1. The lowest BCUT2D eigenvalue weighted by atomic mass is 9.64. The lowest BCUT2D eigenvalue weighted by molar-refractivity contribution is -0.134. The van der Waals surface area contributed by atoms with Crippen LogP contribution in [0.1, 0.15) is 68.9 Å². The van der Waals surface area contributed by atoms with Crippen molar-refractivity contribution in [3.63, 3.8) is 0 Å². The smallest absolute Gasteiger partial charge is 0.228 e. The first-order valence-electron chi connectivity index (χ1n) is 15.1. The fourth-order valence-electron chi connectivity index (χ4n) is 7.56. The number of ether oxygens (including phenoxy) is 2. The number of likely N-dealkylation sites (N-methyl/N-ethyl adjacent to an activating group) is 2. The molecule has 5 aliphatic rings. The monoisotopic (exact) mass is 570 g/mol. The number of hydrogen-bond donors (Lipinski definition) is 1. The van der Waals surface area contributed by atoms with E-state index in [0.717, 1.165) is 32.4 Å². The van der Waals surface area contributed by atoms with E-state index in [1.165, 1.54) is 0 Å². The Hall–Kier alpha value is -2.63. The molecular formula is C30H43FN6O4. The van der Waals surface area contributed by atoms with Gasteiger partial charge in [0, 0.05) is 56.0 Å². The Kier molecular flexibility index (Phi) is 7.57. The van der Waals surface area contributed by atoms with Crippen LogP contribution < -0.4 is 15.4 Å². The minimum Gasteiger partial charge on any atom is -0.473 e. The SMILES string of the molecule is C[C@H](Oc1cc(N2CCN(C)C3(COC3)C2)nc(C(=O)C2=C(N)[C@]3(CCCCC3=O)CCC2)n1)[C@@H]1C[C@@H](F)CN1C. The third kappa shape index (κ3) is 5.03. The van der Waals surface area contributed by atoms with Crippen LogP contribution >= 0.6 is 0 Å². The number of ketones is 2. The molecule has 0 amide bonds. The molecule has 1 aromatic heterocycles. The Bertz CT molecular complexity index is 1240. The van der Waals surface area contributed by atoms with Crippen LogP contribution in [0.2, 0.25) is 0 Å². The highest BCUT2D eigenvalue weighted by molar-refractivity contribution is 6.08. The van der Waals surface area contributed by atoms with Crippen molar-refractivity contribution < 1.29 is 23.5 Å². The molecule has 3 aliphatic heterocycles. The van der Waals surface area contributed by atoms with E-state index in [9.17, 15) is 14.0 Å². The minimum absolute atomic E-state index is 0.0314. The van der Waals surface area contributed by atoms with Gasteiger partial charge in [-0.25, -0.2) is 9.37 Å². The molecule has 4 heterocycles. The topological polar surface area (TPSA) is 114 Å². The Balaban J connectivity index is 1.34. The number of nitrogens with two attached hydrogens (primary N) is 1. The largest absolute Gasteiger partial charge is 0.473 e. The van der Waals surface area contributed by atoms with Crippen LogP contribution in [0.3, 0.4) is 0 Å². The number of nitrogens with zero attached hydrogens (tertiary/aromatic N) is 5. The quantitative estimate of drug-likeness (QED) is 0.512. The van der Waals surface area contributed by atoms with Crippen molar-refractivity contribution in [1.29, 1.82) is 0 Å². The number of carbonyl (C=O) groups excluding carboxylic acids is 2. The number of Topliss-reactive ketones (excluding diaryl/α,β-unsaturated/α-hetero) is 2. The zero-order chi connectivity index (χ0) is 28.9. The highest BCUT2D eigenvalue weighted by Crippen LogP contribution is 2.47. The third-order valence-corrected chi connectivity index (χ3v) is 10.3. The number of alkyl halides is 1. The molecule has 2 spiro atoms. The Morgan fingerprint density at radius 1 is 1.17 bits per heavy atom. The summed E-state index contributed by atoms with van der Waals surface area (Å²) in [6.45, 7) is 5.85. The van der Waals surface area contributed by atoms with Crippen molar-refractivity contribution in [1.82, 2.24) is 19.8 Å². The van der Waals surface area contributed by atoms with Gasteiger partial charge in [-0.15, -0.1) is 0 Å². The molecule has 41 heavy (non-hydrogen) atoms. The number of rotatable bonds is 6. The van der Waals surface area contributed by atoms with Crippen molar-refractivity contribution in [2.45, 2.75) is 82.1 Å². The molecule has 3 saturated heterocycles. The lowest BCUT2D eigenvalue weighted by Gasteiger charge is -2.54. The van der Waals surface area contributed by atoms with Gasteiger partial charge in [0.05, 0.1) is 24.2 Å². The van der Waals surface area contributed by atoms with Gasteiger partial charge >= 0.3 is 0 Å². The van der Waals surface area contributed by atoms with Crippen LogP contribution in [-0.4, -0.2) is 109 Å². The number of aromatic nitrogens is 2. The summed E-state index contributed by atoms with van der Waals surface area (Å²) in [6, 6.07) is 1.69. The number of allylic oxidation sites excluding steroid dienone is 2. The Labute approximate surface area is 241 Å². The summed E-state index contributed by atoms with van der Waals surface area (Å²) in [7, 11) is 4.01. The van der Waals surface area contributed by atoms with E-state index in [2.05, 4.69) is 21.8 Å². The fourth-order valence-corrected chi connectivity index (χ4v) is 7.56. The van der Waals surface area contributed by atoms with Crippen molar-refractivity contribution in [2.75, 3.05) is 58.4 Å². The molecule has 0 radical (unpaired) electrons. The van der Waals surface area contributed by atoms with Gasteiger partial charge in [0.1, 0.15) is 23.9 Å². The van der Waals surface area contributed by atoms with E-state index in [-0.39, 0.29) is 41.0 Å². The molecule has 4 fully saturated rings. The summed E-state index contributed by atoms with van der Waals surface area (Å²) in [5.74, 6) is 0.751. The number of piperazine rings is 1. The summed E-state index contributed by atoms with van der Waals surface area (Å²) in [6.07, 6.45) is 4.08. The second-order valence-electron chi connectivity index (χ2n) is 12.9. The van der Waals surface area contributed by atoms with Crippen LogP contribution in [0.15, 0.2) is 17.3 Å². The predicted octanol–water partition coefficient (Wildman–Crippen LogP) is 2.52. The van der Waals surface area contributed by atoms with Crippen molar-refractivity contribution in [3.05, 3.63) is 23.2 Å². The van der Waals surface area contributed by atoms with Gasteiger partial charge in [0.25, 0.3) is 0 Å². The molecule has 2 N–H and O–H groups in total. The van der Waals surface area contributed by atoms with E-state index in [4.69, 9.17) is 20.2 Å². The molecule has 0 aromatic carbocycles. The van der Waals surface area contributed by atoms with Crippen molar-refractivity contribution in [2.24, 2.45) is 11.1 Å². The first-order chi connectivity index (χ1) is 19.6. The van der Waals surface area contributed by atoms with Crippen LogP contribution in [0.25, 0.3) is 0 Å². The highest BCUT2D eigenvalue weighted by atomic mass is 19.1. The molecule has 0 unspecified atom stereocenters. The van der Waals surface area contributed by atoms with Gasteiger partial charge in [-0.2, -0.15) is 4.98 Å². The molecule has 1 saturated carbocycles. The zero-order valence-electron chi connectivity index (χ0n) is 24.5. The second-order valence-corrected chi connectivity index (χ2v) is 12.9. The van der Waals surface area contributed by atoms with Crippen LogP contribution in [0.4, 0.5) is 10.2 Å². The van der Waals surface area contributed by atoms with Gasteiger partial charge < -0.3 is 20.1 Å². The van der Waals surface area contributed by atoms with Crippen molar-refractivity contribution >= 4 is 17.4 Å². The first kappa shape index (κ1) is 28.5. The number of hydrogen-bond acceptors (Lipinski definition) is 10. The summed E-state index contributed by atoms with van der Waals surface area (Å²) in [4.78, 5) is 43.0. The molecular weight excluding hydrogens is 527 g/mol. The van der Waals surface area contributed by atoms with Crippen molar-refractivity contribution in [3.8, 4) is 5.88 Å². The van der Waals surface area contributed by atoms with E-state index in [1.807, 2.05) is 18.9 Å². The average Bonchev–Trinajstić information content (AvgIpc) is 3.28. The summed E-state index contributed by atoms with van der Waals surface area (Å²) in [5, 5.41) is 0. The number of anilines is 1. The minimum atomic E-state index is -0.892. The fraction of sp³-hybridized carbons (Fsp3) is 0.733. The van der Waals surface area contributed by atoms with E-state index >= 15 is 0 Å². The maximum absolute atomic E-state index is 14.1. The highest BCUT2D eigenvalue weighted by Gasteiger charge is 2.48. The van der Waals surface area contributed by atoms with Gasteiger partial charge in [-0.3, -0.25) is 19.4 Å². The Morgan fingerprint density at radius 2 is 1.95 bits per heavy atom. The lowest BCUT2D eigenvalue weighted by Crippen LogP contribution is -2.70. The van der Waals surface area contributed by atoms with Crippen LogP contribution in [0.5, 0.6) is 5.88 Å². The first-order valence-corrected chi connectivity index (χ1v) is 15.1. The maximum Gasteiger partial charge on any atom is 0.228 e. The van der Waals surface area contributed by atoms with Gasteiger partial charge in [0.15, 0.2) is 0 Å². The van der Waals surface area contributed by atoms with E-state index in [1.54, 1.807) is 6.07 Å². The molecule has 11 heteroatoms. The molecule has 0 bridgehead atoms. The molecule has 2 aliphatic carbocycles. The molecule has 224 valence electrons. The van der Waals surface area contributed by atoms with Gasteiger partial charge in [-0.1, -0.05) is 6.42 Å². The van der Waals surface area contributed by atoms with E-state index in [0.29, 0.717) is 75.5 Å². The Morgan fingerprint density at radius 3 is 2.63 bits per heavy atom. The number of likely N-dealkylation sites (tertiary alicyclic amines) is 1. The van der Waals surface area contributed by atoms with E-state index < -0.39 is 11.6 Å². The summed E-state index contributed by atoms with van der Waals surface area (Å²) in [5.41, 5.74) is 6.73. The molecule has 6 rings (SSSR count). The van der Waals surface area contributed by atoms with Crippen LogP contribution in [0, 0.1) is 5.41 Å². The second kappa shape index (κ2) is 10.9.